The molecule has 0 spiro atoms. The monoisotopic (exact) mass is 282 g/mol. The van der Waals surface area contributed by atoms with E-state index in [0.29, 0.717) is 6.61 Å². The molecule has 3 rings (SSSR count). The van der Waals surface area contributed by atoms with Crippen LogP contribution >= 0.6 is 0 Å². The van der Waals surface area contributed by atoms with Crippen LogP contribution in [0.2, 0.25) is 0 Å². The summed E-state index contributed by atoms with van der Waals surface area (Å²) in [5.41, 5.74) is 2.37. The molecule has 2 aromatic rings. The summed E-state index contributed by atoms with van der Waals surface area (Å²) in [4.78, 5) is 2.21. The minimum atomic E-state index is 0.636. The van der Waals surface area contributed by atoms with Crippen molar-refractivity contribution in [2.24, 2.45) is 0 Å². The van der Waals surface area contributed by atoms with Crippen LogP contribution in [-0.4, -0.2) is 38.7 Å². The minimum Gasteiger partial charge on any atom is -0.488 e. The van der Waals surface area contributed by atoms with E-state index in [-0.39, 0.29) is 0 Å². The summed E-state index contributed by atoms with van der Waals surface area (Å²) in [6.45, 7) is 2.72. The van der Waals surface area contributed by atoms with Crippen LogP contribution in [0.1, 0.15) is 12.0 Å². The molecule has 0 radical (unpaired) electrons. The molecule has 1 aliphatic heterocycles. The maximum absolute atomic E-state index is 5.89. The van der Waals surface area contributed by atoms with E-state index in [1.54, 1.807) is 0 Å². The minimum absolute atomic E-state index is 0.636. The van der Waals surface area contributed by atoms with Crippen molar-refractivity contribution < 1.29 is 4.74 Å². The molecule has 0 bridgehead atoms. The van der Waals surface area contributed by atoms with Crippen molar-refractivity contribution in [2.45, 2.75) is 6.42 Å². The Hall–Kier alpha value is -2.00. The fraction of sp³-hybridized carbons (Fsp3) is 0.333. The Bertz CT molecular complexity index is 661. The number of benzene rings is 2. The normalized spacial score (nSPS) is 13.8. The van der Waals surface area contributed by atoms with Gasteiger partial charge in [0.15, 0.2) is 0 Å². The predicted molar refractivity (Wildman–Crippen MR) is 88.6 cm³/mol. The van der Waals surface area contributed by atoms with Gasteiger partial charge in [0, 0.05) is 23.2 Å². The zero-order valence-corrected chi connectivity index (χ0v) is 12.7. The summed E-state index contributed by atoms with van der Waals surface area (Å²) in [5.74, 6) is 1.01. The van der Waals surface area contributed by atoms with Crippen LogP contribution in [0.4, 0.5) is 0 Å². The van der Waals surface area contributed by atoms with Crippen molar-refractivity contribution in [3.8, 4) is 5.75 Å². The van der Waals surface area contributed by atoms with E-state index in [1.807, 2.05) is 0 Å². The summed E-state index contributed by atoms with van der Waals surface area (Å²) in [6.07, 6.45) is 3.26. The van der Waals surface area contributed by atoms with Crippen molar-refractivity contribution in [3.63, 3.8) is 0 Å². The molecule has 0 atom stereocenters. The van der Waals surface area contributed by atoms with Gasteiger partial charge in [0.2, 0.25) is 0 Å². The van der Waals surface area contributed by atoms with Crippen molar-refractivity contribution in [3.05, 3.63) is 48.0 Å². The first-order valence-electron chi connectivity index (χ1n) is 7.49. The quantitative estimate of drug-likeness (QED) is 0.853. The van der Waals surface area contributed by atoms with Gasteiger partial charge in [-0.1, -0.05) is 30.3 Å². The number of nitrogens with one attached hydrogen (secondary N) is 1. The average Bonchev–Trinajstić information content (AvgIpc) is 2.51. The predicted octanol–water partition coefficient (Wildman–Crippen LogP) is 3.11. The number of hydrogen-bond acceptors (Lipinski definition) is 3. The topological polar surface area (TPSA) is 24.5 Å². The first-order chi connectivity index (χ1) is 10.3. The first-order valence-corrected chi connectivity index (χ1v) is 7.49. The van der Waals surface area contributed by atoms with Gasteiger partial charge in [-0.05, 0) is 44.6 Å². The molecular weight excluding hydrogens is 260 g/mol. The molecule has 1 aliphatic rings. The van der Waals surface area contributed by atoms with Gasteiger partial charge in [0.25, 0.3) is 0 Å². The Labute approximate surface area is 126 Å². The van der Waals surface area contributed by atoms with E-state index < -0.39 is 0 Å². The third-order valence-corrected chi connectivity index (χ3v) is 3.78. The summed E-state index contributed by atoms with van der Waals surface area (Å²) < 4.78 is 5.89. The van der Waals surface area contributed by atoms with Crippen LogP contribution in [0.5, 0.6) is 5.75 Å². The molecule has 21 heavy (non-hydrogen) atoms. The summed E-state index contributed by atoms with van der Waals surface area (Å²) in [5, 5.41) is 5.97. The lowest BCUT2D eigenvalue weighted by atomic mass is 10.0. The van der Waals surface area contributed by atoms with Crippen LogP contribution in [0.15, 0.2) is 42.5 Å². The fourth-order valence-corrected chi connectivity index (χ4v) is 2.71. The molecule has 0 saturated carbocycles. The molecule has 0 aromatic heterocycles. The van der Waals surface area contributed by atoms with E-state index in [0.717, 1.165) is 25.3 Å². The Morgan fingerprint density at radius 3 is 2.86 bits per heavy atom. The van der Waals surface area contributed by atoms with Crippen LogP contribution in [-0.2, 0) is 0 Å². The van der Waals surface area contributed by atoms with Crippen molar-refractivity contribution in [2.75, 3.05) is 33.8 Å². The Kier molecular flexibility index (Phi) is 4.11. The second-order valence-electron chi connectivity index (χ2n) is 5.68. The van der Waals surface area contributed by atoms with Crippen LogP contribution in [0.25, 0.3) is 16.5 Å². The van der Waals surface area contributed by atoms with Crippen molar-refractivity contribution in [1.29, 1.82) is 0 Å². The highest BCUT2D eigenvalue weighted by molar-refractivity contribution is 5.93. The maximum Gasteiger partial charge on any atom is 0.136 e. The zero-order chi connectivity index (χ0) is 14.7. The van der Waals surface area contributed by atoms with Crippen molar-refractivity contribution >= 4 is 16.5 Å². The highest BCUT2D eigenvalue weighted by Gasteiger charge is 2.16. The number of nitrogens with zero attached hydrogens (tertiary/aromatic N) is 1. The van der Waals surface area contributed by atoms with Gasteiger partial charge in [-0.15, -0.1) is 0 Å². The highest BCUT2D eigenvalue weighted by atomic mass is 16.5. The van der Waals surface area contributed by atoms with Crippen LogP contribution < -0.4 is 10.1 Å². The van der Waals surface area contributed by atoms with Crippen LogP contribution in [0.3, 0.4) is 0 Å². The van der Waals surface area contributed by atoms with Crippen LogP contribution in [0, 0.1) is 0 Å². The number of fused-ring (bicyclic) bond motifs is 3. The third kappa shape index (κ3) is 3.03. The second kappa shape index (κ2) is 6.19. The highest BCUT2D eigenvalue weighted by Crippen LogP contribution is 2.35. The SMILES string of the molecule is CN(C)CCCNC1=CCOc2c1ccc1ccccc21. The molecule has 2 aromatic carbocycles. The molecule has 1 heterocycles. The van der Waals surface area contributed by atoms with Gasteiger partial charge in [0.05, 0.1) is 0 Å². The molecule has 3 nitrogen and oxygen atoms in total. The van der Waals surface area contributed by atoms with Crippen molar-refractivity contribution in [1.82, 2.24) is 10.2 Å². The van der Waals surface area contributed by atoms with E-state index in [9.17, 15) is 0 Å². The lowest BCUT2D eigenvalue weighted by Gasteiger charge is -2.22. The van der Waals surface area contributed by atoms with Gasteiger partial charge >= 0.3 is 0 Å². The molecule has 0 saturated heterocycles. The molecule has 0 aliphatic carbocycles. The Morgan fingerprint density at radius 1 is 1.14 bits per heavy atom. The number of ether oxygens (including phenoxy) is 1. The third-order valence-electron chi connectivity index (χ3n) is 3.78. The summed E-state index contributed by atoms with van der Waals surface area (Å²) in [7, 11) is 4.21. The molecule has 3 heteroatoms. The van der Waals surface area contributed by atoms with Gasteiger partial charge in [-0.25, -0.2) is 0 Å². The Balaban J connectivity index is 1.80. The second-order valence-corrected chi connectivity index (χ2v) is 5.68. The Morgan fingerprint density at radius 2 is 2.00 bits per heavy atom. The number of rotatable bonds is 5. The zero-order valence-electron chi connectivity index (χ0n) is 12.7. The molecule has 0 amide bonds. The first kappa shape index (κ1) is 14.0. The fourth-order valence-electron chi connectivity index (χ4n) is 2.71. The molecular formula is C18H22N2O. The molecule has 1 N–H and O–H groups in total. The summed E-state index contributed by atoms with van der Waals surface area (Å²) in [6, 6.07) is 12.7. The molecule has 0 unspecified atom stereocenters. The molecule has 110 valence electrons. The van der Waals surface area contributed by atoms with E-state index >= 15 is 0 Å². The lowest BCUT2D eigenvalue weighted by Crippen LogP contribution is -2.22. The van der Waals surface area contributed by atoms with E-state index in [2.05, 4.69) is 66.8 Å². The number of hydrogen-bond donors (Lipinski definition) is 1. The summed E-state index contributed by atoms with van der Waals surface area (Å²) >= 11 is 0. The molecule has 0 fully saturated rings. The van der Waals surface area contributed by atoms with E-state index in [4.69, 9.17) is 4.74 Å². The van der Waals surface area contributed by atoms with Gasteiger partial charge in [0.1, 0.15) is 12.4 Å². The van der Waals surface area contributed by atoms with E-state index in [1.165, 1.54) is 22.0 Å². The standard InChI is InChI=1S/C18H22N2O/c1-20(2)12-5-11-19-17-10-13-21-18-15-7-4-3-6-14(15)8-9-16(17)18/h3-4,6-10,19H,5,11-13H2,1-2H3. The smallest absolute Gasteiger partial charge is 0.136 e. The van der Waals surface area contributed by atoms with Gasteiger partial charge in [-0.2, -0.15) is 0 Å². The van der Waals surface area contributed by atoms with Gasteiger partial charge < -0.3 is 15.0 Å². The maximum atomic E-state index is 5.89. The largest absolute Gasteiger partial charge is 0.488 e. The lowest BCUT2D eigenvalue weighted by molar-refractivity contribution is 0.360. The average molecular weight is 282 g/mol. The van der Waals surface area contributed by atoms with Gasteiger partial charge in [-0.3, -0.25) is 0 Å².